The van der Waals surface area contributed by atoms with E-state index in [1.807, 2.05) is 0 Å². The Bertz CT molecular complexity index is 503. The lowest BCUT2D eigenvalue weighted by atomic mass is 9.63. The number of hydrogen-bond donors (Lipinski definition) is 0. The lowest BCUT2D eigenvalue weighted by Crippen LogP contribution is -2.50. The summed E-state index contributed by atoms with van der Waals surface area (Å²) in [5.41, 5.74) is 0. The maximum Gasteiger partial charge on any atom is 0.522 e. The van der Waals surface area contributed by atoms with Gasteiger partial charge in [-0.3, -0.25) is 4.74 Å². The molecule has 8 heteroatoms. The van der Waals surface area contributed by atoms with E-state index in [9.17, 15) is 30.7 Å². The maximum absolute atomic E-state index is 14.9. The molecule has 0 bridgehead atoms. The highest BCUT2D eigenvalue weighted by atomic mass is 19.4. The van der Waals surface area contributed by atoms with Crippen molar-refractivity contribution >= 4 is 0 Å². The van der Waals surface area contributed by atoms with Crippen LogP contribution in [0.5, 0.6) is 0 Å². The van der Waals surface area contributed by atoms with Gasteiger partial charge >= 0.3 is 6.36 Å². The lowest BCUT2D eigenvalue weighted by molar-refractivity contribution is -0.359. The second kappa shape index (κ2) is 8.31. The van der Waals surface area contributed by atoms with E-state index in [1.165, 1.54) is 0 Å². The standard InChI is InChI=1S/C20H29F7O/c1-11-2-4-12(5-3-11)13-6-7-15(19(23,24)10-13)14-8-16(21)18(17(22)9-14)28-20(25,26)27/h11-18H,2-10H2,1H3. The second-order valence-electron chi connectivity index (χ2n) is 9.22. The summed E-state index contributed by atoms with van der Waals surface area (Å²) >= 11 is 0. The number of alkyl halides is 7. The molecule has 0 aromatic heterocycles. The summed E-state index contributed by atoms with van der Waals surface area (Å²) in [6, 6.07) is 0. The fourth-order valence-electron chi connectivity index (χ4n) is 5.75. The van der Waals surface area contributed by atoms with Gasteiger partial charge in [0.05, 0.1) is 0 Å². The van der Waals surface area contributed by atoms with E-state index in [-0.39, 0.29) is 24.7 Å². The van der Waals surface area contributed by atoms with Gasteiger partial charge in [-0.15, -0.1) is 13.2 Å². The molecule has 0 spiro atoms. The molecule has 3 saturated carbocycles. The third-order valence-corrected chi connectivity index (χ3v) is 7.26. The van der Waals surface area contributed by atoms with E-state index in [4.69, 9.17) is 0 Å². The highest BCUT2D eigenvalue weighted by Gasteiger charge is 2.54. The monoisotopic (exact) mass is 418 g/mol. The van der Waals surface area contributed by atoms with Crippen molar-refractivity contribution in [3.63, 3.8) is 0 Å². The van der Waals surface area contributed by atoms with Gasteiger partial charge in [0.15, 0.2) is 0 Å². The first-order chi connectivity index (χ1) is 13.0. The Hall–Kier alpha value is -0.530. The molecular weight excluding hydrogens is 389 g/mol. The van der Waals surface area contributed by atoms with Crippen molar-refractivity contribution in [3.8, 4) is 0 Å². The zero-order valence-electron chi connectivity index (χ0n) is 16.0. The highest BCUT2D eigenvalue weighted by molar-refractivity contribution is 4.97. The Kier molecular flexibility index (Phi) is 6.57. The molecule has 164 valence electrons. The van der Waals surface area contributed by atoms with Crippen LogP contribution in [0.2, 0.25) is 0 Å². The van der Waals surface area contributed by atoms with Crippen LogP contribution in [0, 0.1) is 29.6 Å². The van der Waals surface area contributed by atoms with Gasteiger partial charge < -0.3 is 0 Å². The van der Waals surface area contributed by atoms with E-state index < -0.39 is 55.4 Å². The predicted molar refractivity (Wildman–Crippen MR) is 90.3 cm³/mol. The maximum atomic E-state index is 14.9. The van der Waals surface area contributed by atoms with Gasteiger partial charge in [-0.25, -0.2) is 17.6 Å². The molecule has 3 rings (SSSR count). The molecule has 0 amide bonds. The molecule has 0 saturated heterocycles. The third kappa shape index (κ3) is 5.14. The number of halogens is 7. The predicted octanol–water partition coefficient (Wildman–Crippen LogP) is 6.86. The third-order valence-electron chi connectivity index (χ3n) is 7.26. The van der Waals surface area contributed by atoms with Gasteiger partial charge in [0.1, 0.15) is 18.4 Å². The van der Waals surface area contributed by atoms with Crippen molar-refractivity contribution in [2.45, 2.75) is 95.4 Å². The quantitative estimate of drug-likeness (QED) is 0.455. The van der Waals surface area contributed by atoms with E-state index >= 15 is 0 Å². The summed E-state index contributed by atoms with van der Waals surface area (Å²) in [5.74, 6) is -4.33. The first-order valence-corrected chi connectivity index (χ1v) is 10.4. The number of hydrogen-bond acceptors (Lipinski definition) is 1. The van der Waals surface area contributed by atoms with Crippen LogP contribution in [0.3, 0.4) is 0 Å². The molecule has 0 N–H and O–H groups in total. The van der Waals surface area contributed by atoms with Crippen LogP contribution in [0.1, 0.15) is 64.7 Å². The van der Waals surface area contributed by atoms with Crippen molar-refractivity contribution in [3.05, 3.63) is 0 Å². The summed E-state index contributed by atoms with van der Waals surface area (Å²) in [7, 11) is 0. The molecular formula is C20H29F7O. The number of ether oxygens (including phenoxy) is 1. The van der Waals surface area contributed by atoms with E-state index in [2.05, 4.69) is 11.7 Å². The van der Waals surface area contributed by atoms with Gasteiger partial charge in [-0.2, -0.15) is 0 Å². The average Bonchev–Trinajstić information content (AvgIpc) is 2.57. The minimum Gasteiger partial charge on any atom is -0.282 e. The SMILES string of the molecule is CC1CCC(C2CCC(C3CC(F)C(OC(F)(F)F)C(F)C3)C(F)(F)C2)CC1. The van der Waals surface area contributed by atoms with Crippen LogP contribution in [-0.4, -0.2) is 30.7 Å². The Morgan fingerprint density at radius 2 is 1.32 bits per heavy atom. The molecule has 3 fully saturated rings. The fourth-order valence-corrected chi connectivity index (χ4v) is 5.75. The molecule has 1 nitrogen and oxygen atoms in total. The van der Waals surface area contributed by atoms with Gasteiger partial charge in [0.25, 0.3) is 5.92 Å². The molecule has 4 unspecified atom stereocenters. The average molecular weight is 418 g/mol. The largest absolute Gasteiger partial charge is 0.522 e. The van der Waals surface area contributed by atoms with E-state index in [1.54, 1.807) is 0 Å². The second-order valence-corrected chi connectivity index (χ2v) is 9.22. The molecule has 0 aromatic rings. The van der Waals surface area contributed by atoms with Crippen LogP contribution in [0.4, 0.5) is 30.7 Å². The van der Waals surface area contributed by atoms with Crippen molar-refractivity contribution in [1.82, 2.24) is 0 Å². The summed E-state index contributed by atoms with van der Waals surface area (Å²) in [6.45, 7) is 2.17. The van der Waals surface area contributed by atoms with E-state index in [0.29, 0.717) is 12.3 Å². The summed E-state index contributed by atoms with van der Waals surface area (Å²) in [5, 5.41) is 0. The van der Waals surface area contributed by atoms with Gasteiger partial charge in [-0.1, -0.05) is 19.8 Å². The number of rotatable bonds is 3. The zero-order valence-corrected chi connectivity index (χ0v) is 16.0. The van der Waals surface area contributed by atoms with Crippen LogP contribution < -0.4 is 0 Å². The minimum atomic E-state index is -5.15. The minimum absolute atomic E-state index is 0.0778. The summed E-state index contributed by atoms with van der Waals surface area (Å²) in [4.78, 5) is 0. The first-order valence-electron chi connectivity index (χ1n) is 10.4. The van der Waals surface area contributed by atoms with Crippen LogP contribution in [0.15, 0.2) is 0 Å². The van der Waals surface area contributed by atoms with Crippen molar-refractivity contribution < 1.29 is 35.5 Å². The Labute approximate surface area is 161 Å². The highest BCUT2D eigenvalue weighted by Crippen LogP contribution is 2.52. The van der Waals surface area contributed by atoms with Gasteiger partial charge in [0, 0.05) is 12.3 Å². The molecule has 0 heterocycles. The van der Waals surface area contributed by atoms with Crippen molar-refractivity contribution in [1.29, 1.82) is 0 Å². The van der Waals surface area contributed by atoms with Crippen LogP contribution >= 0.6 is 0 Å². The molecule has 0 radical (unpaired) electrons. The Morgan fingerprint density at radius 1 is 0.786 bits per heavy atom. The van der Waals surface area contributed by atoms with Crippen molar-refractivity contribution in [2.75, 3.05) is 0 Å². The van der Waals surface area contributed by atoms with Crippen molar-refractivity contribution in [2.24, 2.45) is 29.6 Å². The Morgan fingerprint density at radius 3 is 1.82 bits per heavy atom. The van der Waals surface area contributed by atoms with E-state index in [0.717, 1.165) is 25.7 Å². The van der Waals surface area contributed by atoms with Gasteiger partial charge in [-0.05, 0) is 62.2 Å². The van der Waals surface area contributed by atoms with Gasteiger partial charge in [0.2, 0.25) is 0 Å². The molecule has 4 atom stereocenters. The van der Waals surface area contributed by atoms with Crippen LogP contribution in [-0.2, 0) is 4.74 Å². The fraction of sp³-hybridized carbons (Fsp3) is 1.00. The topological polar surface area (TPSA) is 9.23 Å². The molecule has 28 heavy (non-hydrogen) atoms. The van der Waals surface area contributed by atoms with Crippen LogP contribution in [0.25, 0.3) is 0 Å². The molecule has 3 aliphatic carbocycles. The summed E-state index contributed by atoms with van der Waals surface area (Å²) < 4.78 is 98.7. The summed E-state index contributed by atoms with van der Waals surface area (Å²) in [6.07, 6.45) is -8.38. The Balaban J connectivity index is 1.60. The smallest absolute Gasteiger partial charge is 0.282 e. The molecule has 3 aliphatic rings. The molecule has 0 aliphatic heterocycles. The molecule has 0 aromatic carbocycles. The first kappa shape index (κ1) is 22.2. The zero-order chi connectivity index (χ0) is 20.7. The lowest BCUT2D eigenvalue weighted by Gasteiger charge is -2.46. The normalized spacial score (nSPS) is 45.0.